The van der Waals surface area contributed by atoms with Crippen LogP contribution in [0.5, 0.6) is 5.75 Å². The predicted molar refractivity (Wildman–Crippen MR) is 93.6 cm³/mol. The number of methoxy groups -OCH3 is 1. The maximum absolute atomic E-state index is 13.2. The summed E-state index contributed by atoms with van der Waals surface area (Å²) in [7, 11) is -5.57. The lowest BCUT2D eigenvalue weighted by Crippen LogP contribution is -2.41. The zero-order chi connectivity index (χ0) is 18.0. The first kappa shape index (κ1) is 19.2. The number of unbranched alkanes of at least 4 members (excludes halogenated alkanes) is 1. The average Bonchev–Trinajstić information content (AvgIpc) is 2.87. The second-order valence-corrected chi connectivity index (χ2v) is 10.3. The van der Waals surface area contributed by atoms with E-state index in [0.717, 1.165) is 12.0 Å². The molecule has 0 spiro atoms. The van der Waals surface area contributed by atoms with Crippen LogP contribution in [0.4, 0.5) is 0 Å². The fraction of sp³-hybridized carbons (Fsp3) is 0.625. The van der Waals surface area contributed by atoms with E-state index in [1.165, 1.54) is 11.4 Å². The molecule has 0 aromatic heterocycles. The summed E-state index contributed by atoms with van der Waals surface area (Å²) >= 11 is 0. The summed E-state index contributed by atoms with van der Waals surface area (Å²) in [4.78, 5) is 0.102. The molecule has 0 unspecified atom stereocenters. The van der Waals surface area contributed by atoms with Crippen molar-refractivity contribution < 1.29 is 21.6 Å². The maximum Gasteiger partial charge on any atom is 0.247 e. The zero-order valence-electron chi connectivity index (χ0n) is 14.4. The summed E-state index contributed by atoms with van der Waals surface area (Å²) in [6, 6.07) is 4.49. The molecule has 0 N–H and O–H groups in total. The van der Waals surface area contributed by atoms with Gasteiger partial charge in [-0.15, -0.1) is 0 Å². The Morgan fingerprint density at radius 2 is 2.04 bits per heavy atom. The normalized spacial score (nSPS) is 20.4. The Kier molecular flexibility index (Phi) is 5.93. The minimum Gasteiger partial charge on any atom is -0.495 e. The van der Waals surface area contributed by atoms with E-state index in [4.69, 9.17) is 4.74 Å². The summed E-state index contributed by atoms with van der Waals surface area (Å²) in [5.74, 6) is 0.216. The highest BCUT2D eigenvalue weighted by molar-refractivity contribution is 7.92. The highest BCUT2D eigenvalue weighted by Crippen LogP contribution is 2.31. The number of benzene rings is 1. The van der Waals surface area contributed by atoms with Crippen LogP contribution in [0.2, 0.25) is 0 Å². The molecule has 8 heteroatoms. The molecule has 1 aromatic rings. The quantitative estimate of drug-likeness (QED) is 0.728. The van der Waals surface area contributed by atoms with Crippen molar-refractivity contribution >= 4 is 19.9 Å². The van der Waals surface area contributed by atoms with Crippen molar-refractivity contribution in [3.8, 4) is 5.75 Å². The topological polar surface area (TPSA) is 80.8 Å². The number of hydrogen-bond acceptors (Lipinski definition) is 5. The van der Waals surface area contributed by atoms with Gasteiger partial charge in [0.05, 0.1) is 18.6 Å². The van der Waals surface area contributed by atoms with Crippen molar-refractivity contribution in [2.45, 2.75) is 44.0 Å². The molecule has 0 aliphatic carbocycles. The van der Waals surface area contributed by atoms with Gasteiger partial charge in [0.15, 0.2) is 9.84 Å². The van der Waals surface area contributed by atoms with Crippen LogP contribution in [-0.4, -0.2) is 52.3 Å². The monoisotopic (exact) mass is 375 g/mol. The van der Waals surface area contributed by atoms with Gasteiger partial charge in [-0.25, -0.2) is 16.8 Å². The molecular weight excluding hydrogens is 350 g/mol. The minimum absolute atomic E-state index is 0.0424. The minimum atomic E-state index is -3.83. The molecule has 0 amide bonds. The van der Waals surface area contributed by atoms with E-state index in [1.54, 1.807) is 18.2 Å². The summed E-state index contributed by atoms with van der Waals surface area (Å²) in [5, 5.41) is 0. The first-order chi connectivity index (χ1) is 11.2. The lowest BCUT2D eigenvalue weighted by molar-refractivity contribution is 0.331. The average molecular weight is 376 g/mol. The Bertz CT molecular complexity index is 787. The fourth-order valence-corrected chi connectivity index (χ4v) is 6.69. The molecular formula is C16H25NO5S2. The van der Waals surface area contributed by atoms with Crippen LogP contribution in [-0.2, 0) is 19.9 Å². The first-order valence-corrected chi connectivity index (χ1v) is 11.3. The van der Waals surface area contributed by atoms with Crippen LogP contribution >= 0.6 is 0 Å². The van der Waals surface area contributed by atoms with Crippen LogP contribution in [0.25, 0.3) is 0 Å². The van der Waals surface area contributed by atoms with Gasteiger partial charge in [-0.2, -0.15) is 4.31 Å². The lowest BCUT2D eigenvalue weighted by atomic mass is 10.2. The molecule has 1 fully saturated rings. The van der Waals surface area contributed by atoms with Gasteiger partial charge in [-0.05, 0) is 37.5 Å². The molecule has 1 atom stereocenters. The van der Waals surface area contributed by atoms with Gasteiger partial charge in [-0.3, -0.25) is 0 Å². The van der Waals surface area contributed by atoms with E-state index < -0.39 is 25.9 Å². The smallest absolute Gasteiger partial charge is 0.247 e. The Hall–Kier alpha value is -1.12. The molecule has 1 saturated heterocycles. The van der Waals surface area contributed by atoms with Crippen LogP contribution in [0.1, 0.15) is 31.7 Å². The van der Waals surface area contributed by atoms with E-state index in [0.29, 0.717) is 19.4 Å². The highest BCUT2D eigenvalue weighted by atomic mass is 32.2. The standard InChI is InChI=1S/C16H25NO5S2/c1-4-5-9-17(14-8-10-23(18,19)12-14)24(20,21)16-11-13(2)6-7-15(16)22-3/h6-7,11,14H,4-5,8-10,12H2,1-3H3/t14-/m1/s1. The number of sulfone groups is 1. The van der Waals surface area contributed by atoms with Crippen LogP contribution in [0.15, 0.2) is 23.1 Å². The van der Waals surface area contributed by atoms with E-state index in [-0.39, 0.29) is 22.2 Å². The number of hydrogen-bond donors (Lipinski definition) is 0. The van der Waals surface area contributed by atoms with Crippen molar-refractivity contribution in [3.63, 3.8) is 0 Å². The van der Waals surface area contributed by atoms with E-state index in [1.807, 2.05) is 13.8 Å². The lowest BCUT2D eigenvalue weighted by Gasteiger charge is -2.28. The van der Waals surface area contributed by atoms with Gasteiger partial charge in [0.1, 0.15) is 10.6 Å². The number of rotatable bonds is 7. The molecule has 24 heavy (non-hydrogen) atoms. The third-order valence-electron chi connectivity index (χ3n) is 4.25. The van der Waals surface area contributed by atoms with Crippen molar-refractivity contribution in [2.75, 3.05) is 25.2 Å². The predicted octanol–water partition coefficient (Wildman–Crippen LogP) is 1.98. The Labute approximate surface area is 144 Å². The maximum atomic E-state index is 13.2. The van der Waals surface area contributed by atoms with Gasteiger partial charge >= 0.3 is 0 Å². The van der Waals surface area contributed by atoms with Crippen molar-refractivity contribution in [1.29, 1.82) is 0 Å². The van der Waals surface area contributed by atoms with Crippen LogP contribution < -0.4 is 4.74 Å². The van der Waals surface area contributed by atoms with Gasteiger partial charge in [0.25, 0.3) is 0 Å². The Morgan fingerprint density at radius 3 is 2.58 bits per heavy atom. The largest absolute Gasteiger partial charge is 0.495 e. The summed E-state index contributed by atoms with van der Waals surface area (Å²) in [5.41, 5.74) is 0.809. The van der Waals surface area contributed by atoms with E-state index in [2.05, 4.69) is 0 Å². The van der Waals surface area contributed by atoms with Crippen LogP contribution in [0.3, 0.4) is 0 Å². The van der Waals surface area contributed by atoms with E-state index >= 15 is 0 Å². The molecule has 1 aliphatic heterocycles. The molecule has 0 saturated carbocycles. The number of sulfonamides is 1. The fourth-order valence-electron chi connectivity index (χ4n) is 2.93. The van der Waals surface area contributed by atoms with E-state index in [9.17, 15) is 16.8 Å². The first-order valence-electron chi connectivity index (χ1n) is 8.08. The van der Waals surface area contributed by atoms with Gasteiger partial charge < -0.3 is 4.74 Å². The Morgan fingerprint density at radius 1 is 1.33 bits per heavy atom. The van der Waals surface area contributed by atoms with Crippen LogP contribution in [0, 0.1) is 6.92 Å². The second-order valence-electron chi connectivity index (χ2n) is 6.18. The molecule has 0 bridgehead atoms. The molecule has 1 heterocycles. The summed E-state index contributed by atoms with van der Waals surface area (Å²) in [6.45, 7) is 4.11. The van der Waals surface area contributed by atoms with Gasteiger partial charge in [0.2, 0.25) is 10.0 Å². The van der Waals surface area contributed by atoms with Crippen molar-refractivity contribution in [3.05, 3.63) is 23.8 Å². The summed E-state index contributed by atoms with van der Waals surface area (Å²) in [6.07, 6.45) is 1.86. The second kappa shape index (κ2) is 7.41. The molecule has 6 nitrogen and oxygen atoms in total. The molecule has 1 aliphatic rings. The van der Waals surface area contributed by atoms with Crippen molar-refractivity contribution in [1.82, 2.24) is 4.31 Å². The Balaban J connectivity index is 2.46. The highest BCUT2D eigenvalue weighted by Gasteiger charge is 2.39. The molecule has 1 aromatic carbocycles. The number of aryl methyl sites for hydroxylation is 1. The van der Waals surface area contributed by atoms with Gasteiger partial charge in [-0.1, -0.05) is 19.4 Å². The molecule has 2 rings (SSSR count). The third kappa shape index (κ3) is 4.10. The number of nitrogens with zero attached hydrogens (tertiary/aromatic N) is 1. The summed E-state index contributed by atoms with van der Waals surface area (Å²) < 4.78 is 56.6. The number of ether oxygens (including phenoxy) is 1. The SMILES string of the molecule is CCCCN([C@@H]1CCS(=O)(=O)C1)S(=O)(=O)c1cc(C)ccc1OC. The van der Waals surface area contributed by atoms with Gasteiger partial charge in [0, 0.05) is 12.6 Å². The van der Waals surface area contributed by atoms with Crippen molar-refractivity contribution in [2.24, 2.45) is 0 Å². The molecule has 0 radical (unpaired) electrons. The third-order valence-corrected chi connectivity index (χ3v) is 7.98. The zero-order valence-corrected chi connectivity index (χ0v) is 16.0. The molecule has 136 valence electrons.